The lowest BCUT2D eigenvalue weighted by Crippen LogP contribution is -2.47. The first-order chi connectivity index (χ1) is 15.5. The second-order valence-electron chi connectivity index (χ2n) is 8.17. The molecule has 0 bridgehead atoms. The number of aromatic amines is 1. The number of sulfone groups is 1. The van der Waals surface area contributed by atoms with Crippen LogP contribution in [-0.2, 0) is 9.84 Å². The Balaban J connectivity index is 1.57. The van der Waals surface area contributed by atoms with E-state index in [1.54, 1.807) is 18.3 Å². The molecule has 1 N–H and O–H groups in total. The van der Waals surface area contributed by atoms with Gasteiger partial charge in [0.1, 0.15) is 0 Å². The third kappa shape index (κ3) is 3.71. The molecule has 5 nitrogen and oxygen atoms in total. The Bertz CT molecular complexity index is 1350. The van der Waals surface area contributed by atoms with Crippen LogP contribution in [-0.4, -0.2) is 34.6 Å². The number of hydrogen-bond acceptors (Lipinski definition) is 4. The van der Waals surface area contributed by atoms with Crippen LogP contribution < -0.4 is 14.8 Å². The fourth-order valence-corrected chi connectivity index (χ4v) is 5.82. The molecule has 0 atom stereocenters. The van der Waals surface area contributed by atoms with E-state index in [1.807, 2.05) is 49.4 Å². The van der Waals surface area contributed by atoms with Crippen LogP contribution >= 0.6 is 0 Å². The van der Waals surface area contributed by atoms with Gasteiger partial charge in [0.15, 0.2) is 11.1 Å². The lowest BCUT2D eigenvalue weighted by molar-refractivity contribution is -0.347. The number of pyridine rings is 1. The van der Waals surface area contributed by atoms with Crippen molar-refractivity contribution < 1.29 is 13.4 Å². The van der Waals surface area contributed by atoms with Crippen molar-refractivity contribution >= 4 is 32.1 Å². The number of fused-ring (bicyclic) bond motifs is 1. The summed E-state index contributed by atoms with van der Waals surface area (Å²) in [6.45, 7) is 5.12. The van der Waals surface area contributed by atoms with E-state index in [9.17, 15) is 8.42 Å². The molecular weight excluding hydrogens is 418 g/mol. The molecule has 0 spiro atoms. The van der Waals surface area contributed by atoms with E-state index in [4.69, 9.17) is 0 Å². The summed E-state index contributed by atoms with van der Waals surface area (Å²) in [6.07, 6.45) is 1.65. The number of para-hydroxylation sites is 2. The van der Waals surface area contributed by atoms with Gasteiger partial charge in [0.25, 0.3) is 0 Å². The number of nitrogens with zero attached hydrogens (tertiary/aromatic N) is 2. The number of anilines is 2. The number of aryl methyl sites for hydroxylation is 1. The number of rotatable bonds is 4. The molecule has 0 unspecified atom stereocenters. The van der Waals surface area contributed by atoms with Crippen LogP contribution in [0.25, 0.3) is 10.9 Å². The standard InChI is InChI=1S/C26H25N3O2S/c1-20-11-13-22(14-12-20)32(30,31)25-19-27-24-10-6-5-9-23(24)26(25)29-17-15-28(16-18-29)21-7-3-2-4-8-21/h2-14,19H,15-18H2,1H3/p+1. The van der Waals surface area contributed by atoms with E-state index in [2.05, 4.69) is 39.0 Å². The van der Waals surface area contributed by atoms with Crippen molar-refractivity contribution in [2.45, 2.75) is 16.7 Å². The zero-order valence-electron chi connectivity index (χ0n) is 18.0. The van der Waals surface area contributed by atoms with Crippen molar-refractivity contribution in [3.05, 3.63) is 90.6 Å². The molecule has 1 aliphatic rings. The van der Waals surface area contributed by atoms with Crippen molar-refractivity contribution in [3.63, 3.8) is 0 Å². The van der Waals surface area contributed by atoms with Crippen molar-refractivity contribution in [1.29, 1.82) is 0 Å². The van der Waals surface area contributed by atoms with Gasteiger partial charge >= 0.3 is 0 Å². The number of H-pyrrole nitrogens is 1. The molecule has 0 saturated carbocycles. The average Bonchev–Trinajstić information content (AvgIpc) is 2.84. The Hall–Kier alpha value is -3.38. The van der Waals surface area contributed by atoms with Crippen LogP contribution in [0.1, 0.15) is 5.56 Å². The minimum Gasteiger partial charge on any atom is -0.368 e. The van der Waals surface area contributed by atoms with Crippen molar-refractivity contribution in [3.8, 4) is 0 Å². The predicted molar refractivity (Wildman–Crippen MR) is 128 cm³/mol. The van der Waals surface area contributed by atoms with Crippen LogP contribution in [0.4, 0.5) is 11.4 Å². The van der Waals surface area contributed by atoms with Crippen LogP contribution in [0.5, 0.6) is 0 Å². The molecule has 4 aromatic rings. The molecule has 1 fully saturated rings. The lowest BCUT2D eigenvalue weighted by atomic mass is 10.1. The highest BCUT2D eigenvalue weighted by Gasteiger charge is 2.30. The highest BCUT2D eigenvalue weighted by Crippen LogP contribution is 2.35. The summed E-state index contributed by atoms with van der Waals surface area (Å²) in [5.41, 5.74) is 3.95. The predicted octanol–water partition coefficient (Wildman–Crippen LogP) is 4.12. The van der Waals surface area contributed by atoms with Crippen LogP contribution in [0.15, 0.2) is 94.9 Å². The van der Waals surface area contributed by atoms with Gasteiger partial charge in [-0.05, 0) is 37.3 Å². The minimum atomic E-state index is -3.68. The first kappa shape index (κ1) is 20.5. The Labute approximate surface area is 188 Å². The summed E-state index contributed by atoms with van der Waals surface area (Å²) < 4.78 is 27.4. The fraction of sp³-hybridized carbons (Fsp3) is 0.192. The van der Waals surface area contributed by atoms with Gasteiger partial charge in [-0.3, -0.25) is 0 Å². The van der Waals surface area contributed by atoms with Crippen LogP contribution in [0.3, 0.4) is 0 Å². The summed E-state index contributed by atoms with van der Waals surface area (Å²) in [4.78, 5) is 8.42. The van der Waals surface area contributed by atoms with Gasteiger partial charge in [-0.15, -0.1) is 0 Å². The monoisotopic (exact) mass is 444 g/mol. The first-order valence-electron chi connectivity index (χ1n) is 10.8. The average molecular weight is 445 g/mol. The zero-order valence-corrected chi connectivity index (χ0v) is 18.8. The number of benzene rings is 3. The van der Waals surface area contributed by atoms with Gasteiger partial charge < -0.3 is 9.80 Å². The van der Waals surface area contributed by atoms with Crippen molar-refractivity contribution in [1.82, 2.24) is 0 Å². The molecule has 2 heterocycles. The van der Waals surface area contributed by atoms with Gasteiger partial charge in [-0.2, -0.15) is 0 Å². The van der Waals surface area contributed by atoms with E-state index in [1.165, 1.54) is 5.69 Å². The molecule has 162 valence electrons. The summed E-state index contributed by atoms with van der Waals surface area (Å²) in [5, 5.41) is 0.925. The SMILES string of the molecule is Cc1ccc(S(=O)(=O)c2c[nH+]c3ccccc3c2N2CCN(c3ccccc3)CC2)cc1. The minimum absolute atomic E-state index is 0.316. The van der Waals surface area contributed by atoms with Crippen LogP contribution in [0.2, 0.25) is 0 Å². The maximum Gasteiger partial charge on any atom is 0.214 e. The van der Waals surface area contributed by atoms with Gasteiger partial charge in [0, 0.05) is 37.9 Å². The van der Waals surface area contributed by atoms with Gasteiger partial charge in [-0.1, -0.05) is 48.0 Å². The van der Waals surface area contributed by atoms with Gasteiger partial charge in [-0.25, -0.2) is 13.4 Å². The molecule has 5 rings (SSSR count). The molecule has 1 aromatic heterocycles. The summed E-state index contributed by atoms with van der Waals surface area (Å²) >= 11 is 0. The molecule has 0 aliphatic carbocycles. The molecule has 0 amide bonds. The van der Waals surface area contributed by atoms with E-state index < -0.39 is 9.84 Å². The lowest BCUT2D eigenvalue weighted by Gasteiger charge is -2.38. The van der Waals surface area contributed by atoms with Crippen molar-refractivity contribution in [2.24, 2.45) is 0 Å². The maximum atomic E-state index is 13.7. The Morgan fingerprint density at radius 1 is 0.750 bits per heavy atom. The number of piperazine rings is 1. The van der Waals surface area contributed by atoms with E-state index in [0.717, 1.165) is 48.3 Å². The Morgan fingerprint density at radius 3 is 2.09 bits per heavy atom. The number of hydrogen-bond donors (Lipinski definition) is 0. The third-order valence-corrected chi connectivity index (χ3v) is 7.90. The smallest absolute Gasteiger partial charge is 0.214 e. The van der Waals surface area contributed by atoms with Gasteiger partial charge in [0.05, 0.1) is 16.0 Å². The second kappa shape index (κ2) is 8.28. The summed E-state index contributed by atoms with van der Waals surface area (Å²) in [6, 6.07) is 25.3. The van der Waals surface area contributed by atoms with Crippen molar-refractivity contribution in [2.75, 3.05) is 36.0 Å². The quantitative estimate of drug-likeness (QED) is 0.475. The number of aromatic nitrogens is 1. The van der Waals surface area contributed by atoms with E-state index >= 15 is 0 Å². The second-order valence-corrected chi connectivity index (χ2v) is 10.1. The van der Waals surface area contributed by atoms with Gasteiger partial charge in [0.2, 0.25) is 15.4 Å². The molecule has 1 aliphatic heterocycles. The van der Waals surface area contributed by atoms with E-state index in [-0.39, 0.29) is 0 Å². The zero-order chi connectivity index (χ0) is 22.1. The highest BCUT2D eigenvalue weighted by atomic mass is 32.2. The molecule has 1 saturated heterocycles. The fourth-order valence-electron chi connectivity index (χ4n) is 4.36. The summed E-state index contributed by atoms with van der Waals surface area (Å²) in [5.74, 6) is 0. The highest BCUT2D eigenvalue weighted by molar-refractivity contribution is 7.91. The Kier molecular flexibility index (Phi) is 5.31. The largest absolute Gasteiger partial charge is 0.368 e. The molecular formula is C26H26N3O2S+. The normalized spacial score (nSPS) is 14.7. The van der Waals surface area contributed by atoms with E-state index in [0.29, 0.717) is 9.79 Å². The molecule has 6 heteroatoms. The molecule has 32 heavy (non-hydrogen) atoms. The van der Waals surface area contributed by atoms with Crippen LogP contribution in [0, 0.1) is 6.92 Å². The first-order valence-corrected chi connectivity index (χ1v) is 12.3. The topological polar surface area (TPSA) is 54.8 Å². The maximum absolute atomic E-state index is 13.7. The summed E-state index contributed by atoms with van der Waals surface area (Å²) in [7, 11) is -3.68. The number of nitrogens with one attached hydrogen (secondary N) is 1. The third-order valence-electron chi connectivity index (χ3n) is 6.11. The molecule has 0 radical (unpaired) electrons. The Morgan fingerprint density at radius 2 is 1.38 bits per heavy atom. The molecule has 3 aromatic carbocycles.